The van der Waals surface area contributed by atoms with Crippen molar-refractivity contribution in [2.45, 2.75) is 25.8 Å². The number of carbonyl (C=O) groups excluding carboxylic acids is 2. The van der Waals surface area contributed by atoms with Crippen LogP contribution in [0, 0.1) is 5.92 Å². The smallest absolute Gasteiger partial charge is 0.255 e. The van der Waals surface area contributed by atoms with E-state index in [0.29, 0.717) is 22.3 Å². The first kappa shape index (κ1) is 14.8. The number of nitrogens with zero attached hydrogens (tertiary/aromatic N) is 1. The monoisotopic (exact) mass is 339 g/mol. The summed E-state index contributed by atoms with van der Waals surface area (Å²) in [4.78, 5) is 25.7. The summed E-state index contributed by atoms with van der Waals surface area (Å²) in [6, 6.07) is 5.29. The predicted octanol–water partition coefficient (Wildman–Crippen LogP) is 1.76. The van der Waals surface area contributed by atoms with E-state index in [1.54, 1.807) is 23.1 Å². The quantitative estimate of drug-likeness (QED) is 0.804. The molecule has 6 heteroatoms. The predicted molar refractivity (Wildman–Crippen MR) is 81.0 cm³/mol. The lowest BCUT2D eigenvalue weighted by molar-refractivity contribution is -0.123. The number of nitrogen functional groups attached to an aromatic ring is 1. The summed E-state index contributed by atoms with van der Waals surface area (Å²) in [5.74, 6) is -0.737. The van der Waals surface area contributed by atoms with Gasteiger partial charge in [-0.1, -0.05) is 6.07 Å². The Morgan fingerprint density at radius 3 is 2.70 bits per heavy atom. The molecule has 2 unspecified atom stereocenters. The highest BCUT2D eigenvalue weighted by Gasteiger charge is 2.32. The fraction of sp³-hybridized carbons (Fsp3) is 0.429. The maximum atomic E-state index is 12.6. The number of amides is 2. The van der Waals surface area contributed by atoms with Crippen molar-refractivity contribution in [3.8, 4) is 0 Å². The Kier molecular flexibility index (Phi) is 4.32. The fourth-order valence-corrected chi connectivity index (χ4v) is 2.93. The number of piperidine rings is 1. The second kappa shape index (κ2) is 5.83. The first-order valence-corrected chi connectivity index (χ1v) is 7.35. The van der Waals surface area contributed by atoms with E-state index in [0.717, 1.165) is 12.8 Å². The van der Waals surface area contributed by atoms with Gasteiger partial charge in [0.15, 0.2) is 0 Å². The molecule has 108 valence electrons. The zero-order valence-corrected chi connectivity index (χ0v) is 12.9. The summed E-state index contributed by atoms with van der Waals surface area (Å²) in [6.07, 6.45) is 1.51. The molecule has 1 fully saturated rings. The molecule has 0 bridgehead atoms. The molecule has 0 aromatic heterocycles. The van der Waals surface area contributed by atoms with E-state index in [1.165, 1.54) is 0 Å². The molecule has 1 aromatic carbocycles. The van der Waals surface area contributed by atoms with Gasteiger partial charge in [0, 0.05) is 18.3 Å². The molecule has 1 saturated heterocycles. The van der Waals surface area contributed by atoms with Gasteiger partial charge < -0.3 is 16.4 Å². The van der Waals surface area contributed by atoms with Crippen LogP contribution in [0.1, 0.15) is 30.1 Å². The molecular weight excluding hydrogens is 322 g/mol. The van der Waals surface area contributed by atoms with Gasteiger partial charge in [0.1, 0.15) is 0 Å². The fourth-order valence-electron chi connectivity index (χ4n) is 2.49. The molecule has 1 heterocycles. The molecule has 2 atom stereocenters. The number of carbonyl (C=O) groups is 2. The highest BCUT2D eigenvalue weighted by Crippen LogP contribution is 2.28. The molecule has 2 amide bonds. The van der Waals surface area contributed by atoms with Crippen LogP contribution in [0.4, 0.5) is 5.69 Å². The second-order valence-electron chi connectivity index (χ2n) is 5.19. The Balaban J connectivity index is 2.26. The van der Waals surface area contributed by atoms with Crippen molar-refractivity contribution in [3.63, 3.8) is 0 Å². The minimum absolute atomic E-state index is 0.0893. The minimum atomic E-state index is -0.346. The van der Waals surface area contributed by atoms with Gasteiger partial charge in [-0.3, -0.25) is 9.59 Å². The zero-order chi connectivity index (χ0) is 14.9. The number of anilines is 1. The molecule has 1 aliphatic rings. The highest BCUT2D eigenvalue weighted by molar-refractivity contribution is 9.10. The van der Waals surface area contributed by atoms with Gasteiger partial charge in [-0.25, -0.2) is 0 Å². The lowest BCUT2D eigenvalue weighted by atomic mass is 9.92. The summed E-state index contributed by atoms with van der Waals surface area (Å²) >= 11 is 3.35. The van der Waals surface area contributed by atoms with E-state index >= 15 is 0 Å². The number of nitrogens with two attached hydrogens (primary N) is 2. The van der Waals surface area contributed by atoms with Crippen LogP contribution in [-0.4, -0.2) is 29.3 Å². The van der Waals surface area contributed by atoms with E-state index in [-0.39, 0.29) is 23.8 Å². The van der Waals surface area contributed by atoms with Crippen molar-refractivity contribution in [1.82, 2.24) is 4.90 Å². The summed E-state index contributed by atoms with van der Waals surface area (Å²) in [5.41, 5.74) is 12.2. The van der Waals surface area contributed by atoms with Crippen molar-refractivity contribution in [2.24, 2.45) is 11.7 Å². The molecule has 0 aliphatic carbocycles. The summed E-state index contributed by atoms with van der Waals surface area (Å²) in [6.45, 7) is 2.35. The van der Waals surface area contributed by atoms with Crippen LogP contribution in [0.2, 0.25) is 0 Å². The molecule has 1 aromatic rings. The molecule has 20 heavy (non-hydrogen) atoms. The topological polar surface area (TPSA) is 89.4 Å². The largest absolute Gasteiger partial charge is 0.398 e. The zero-order valence-electron chi connectivity index (χ0n) is 11.3. The van der Waals surface area contributed by atoms with E-state index in [4.69, 9.17) is 11.5 Å². The number of halogens is 1. The van der Waals surface area contributed by atoms with Crippen molar-refractivity contribution in [3.05, 3.63) is 28.2 Å². The van der Waals surface area contributed by atoms with Crippen molar-refractivity contribution < 1.29 is 9.59 Å². The number of likely N-dealkylation sites (tertiary alicyclic amines) is 1. The maximum Gasteiger partial charge on any atom is 0.255 e. The van der Waals surface area contributed by atoms with E-state index in [1.807, 2.05) is 6.92 Å². The Hall–Kier alpha value is -1.56. The van der Waals surface area contributed by atoms with Crippen molar-refractivity contribution in [1.29, 1.82) is 0 Å². The molecule has 0 saturated carbocycles. The molecule has 0 radical (unpaired) electrons. The Bertz CT molecular complexity index is 547. The Morgan fingerprint density at radius 2 is 2.05 bits per heavy atom. The van der Waals surface area contributed by atoms with Crippen LogP contribution in [0.25, 0.3) is 0 Å². The summed E-state index contributed by atoms with van der Waals surface area (Å²) in [5, 5.41) is 0. The molecule has 4 N–H and O–H groups in total. The molecular formula is C14H18BrN3O2. The van der Waals surface area contributed by atoms with Gasteiger partial charge in [0.05, 0.1) is 16.0 Å². The summed E-state index contributed by atoms with van der Waals surface area (Å²) in [7, 11) is 0. The number of primary amides is 1. The molecule has 5 nitrogen and oxygen atoms in total. The normalized spacial score (nSPS) is 22.6. The van der Waals surface area contributed by atoms with Crippen LogP contribution in [0.15, 0.2) is 22.7 Å². The number of rotatable bonds is 2. The number of hydrogen-bond donors (Lipinski definition) is 2. The van der Waals surface area contributed by atoms with Gasteiger partial charge in [0.2, 0.25) is 5.91 Å². The maximum absolute atomic E-state index is 12.6. The van der Waals surface area contributed by atoms with Gasteiger partial charge in [-0.2, -0.15) is 0 Å². The van der Waals surface area contributed by atoms with Crippen molar-refractivity contribution in [2.75, 3.05) is 12.3 Å². The second-order valence-corrected chi connectivity index (χ2v) is 5.98. The summed E-state index contributed by atoms with van der Waals surface area (Å²) < 4.78 is 0.596. The van der Waals surface area contributed by atoms with Gasteiger partial charge >= 0.3 is 0 Å². The average Bonchev–Trinajstić information content (AvgIpc) is 2.41. The van der Waals surface area contributed by atoms with Crippen LogP contribution < -0.4 is 11.5 Å². The van der Waals surface area contributed by atoms with Gasteiger partial charge in [-0.15, -0.1) is 0 Å². The minimum Gasteiger partial charge on any atom is -0.398 e. The van der Waals surface area contributed by atoms with Crippen LogP contribution in [0.5, 0.6) is 0 Å². The number of benzene rings is 1. The Morgan fingerprint density at radius 1 is 1.35 bits per heavy atom. The lowest BCUT2D eigenvalue weighted by Gasteiger charge is -2.37. The lowest BCUT2D eigenvalue weighted by Crippen LogP contribution is -2.48. The first-order chi connectivity index (χ1) is 9.41. The van der Waals surface area contributed by atoms with E-state index < -0.39 is 0 Å². The van der Waals surface area contributed by atoms with Gasteiger partial charge in [0.25, 0.3) is 5.91 Å². The van der Waals surface area contributed by atoms with E-state index in [2.05, 4.69) is 15.9 Å². The van der Waals surface area contributed by atoms with Gasteiger partial charge in [-0.05, 0) is 47.8 Å². The van der Waals surface area contributed by atoms with Crippen molar-refractivity contribution >= 4 is 33.4 Å². The molecule has 1 aliphatic heterocycles. The number of hydrogen-bond acceptors (Lipinski definition) is 3. The highest BCUT2D eigenvalue weighted by atomic mass is 79.9. The molecule has 0 spiro atoms. The first-order valence-electron chi connectivity index (χ1n) is 6.56. The van der Waals surface area contributed by atoms with Crippen LogP contribution in [-0.2, 0) is 4.79 Å². The average molecular weight is 340 g/mol. The standard InChI is InChI=1S/C14H18BrN3O2/c1-8-5-6-9(13(17)19)7-18(8)14(20)10-3-2-4-11(16)12(10)15/h2-4,8-9H,5-7,16H2,1H3,(H2,17,19). The van der Waals surface area contributed by atoms with Crippen LogP contribution in [0.3, 0.4) is 0 Å². The third kappa shape index (κ3) is 2.80. The third-order valence-electron chi connectivity index (χ3n) is 3.80. The third-order valence-corrected chi connectivity index (χ3v) is 4.69. The van der Waals surface area contributed by atoms with E-state index in [9.17, 15) is 9.59 Å². The Labute approximate surface area is 126 Å². The van der Waals surface area contributed by atoms with Crippen LogP contribution >= 0.6 is 15.9 Å². The SMILES string of the molecule is CC1CCC(C(N)=O)CN1C(=O)c1cccc(N)c1Br. The molecule has 2 rings (SSSR count).